The molecule has 0 amide bonds. The summed E-state index contributed by atoms with van der Waals surface area (Å²) in [4.78, 5) is 2.52. The van der Waals surface area contributed by atoms with Crippen LogP contribution < -0.4 is 5.73 Å². The third kappa shape index (κ3) is 4.43. The van der Waals surface area contributed by atoms with Gasteiger partial charge in [-0.1, -0.05) is 13.8 Å². The molecule has 0 aliphatic carbocycles. The van der Waals surface area contributed by atoms with E-state index in [0.29, 0.717) is 11.3 Å². The van der Waals surface area contributed by atoms with Crippen molar-refractivity contribution < 1.29 is 4.74 Å². The van der Waals surface area contributed by atoms with Crippen molar-refractivity contribution in [3.05, 3.63) is 0 Å². The average Bonchev–Trinajstić information content (AvgIpc) is 2.47. The highest BCUT2D eigenvalue weighted by Gasteiger charge is 2.34. The van der Waals surface area contributed by atoms with Gasteiger partial charge in [0.1, 0.15) is 0 Å². The lowest BCUT2D eigenvalue weighted by Crippen LogP contribution is -2.55. The molecule has 0 aromatic heterocycles. The summed E-state index contributed by atoms with van der Waals surface area (Å²) in [6.07, 6.45) is 1.22. The molecular formula is C13H28N2OS. The molecule has 0 aromatic rings. The maximum absolute atomic E-state index is 5.97. The Morgan fingerprint density at radius 3 is 2.71 bits per heavy atom. The highest BCUT2D eigenvalue weighted by atomic mass is 32.2. The summed E-state index contributed by atoms with van der Waals surface area (Å²) >= 11 is 2.07. The van der Waals surface area contributed by atoms with Gasteiger partial charge in [0.05, 0.1) is 12.1 Å². The van der Waals surface area contributed by atoms with Crippen molar-refractivity contribution in [2.75, 3.05) is 38.6 Å². The molecule has 1 rings (SSSR count). The van der Waals surface area contributed by atoms with Gasteiger partial charge in [0.2, 0.25) is 0 Å². The second-order valence-electron chi connectivity index (χ2n) is 5.68. The van der Waals surface area contributed by atoms with Crippen LogP contribution in [0.2, 0.25) is 0 Å². The average molecular weight is 260 g/mol. The summed E-state index contributed by atoms with van der Waals surface area (Å²) in [5.41, 5.74) is 5.97. The minimum Gasteiger partial charge on any atom is -0.380 e. The van der Waals surface area contributed by atoms with Crippen molar-refractivity contribution in [2.24, 2.45) is 5.73 Å². The van der Waals surface area contributed by atoms with Gasteiger partial charge < -0.3 is 10.5 Å². The zero-order valence-corrected chi connectivity index (χ0v) is 12.6. The van der Waals surface area contributed by atoms with Gasteiger partial charge in [0.25, 0.3) is 0 Å². The van der Waals surface area contributed by atoms with E-state index in [1.807, 2.05) is 6.92 Å². The third-order valence-corrected chi connectivity index (χ3v) is 5.03. The molecule has 0 radical (unpaired) electrons. The maximum Gasteiger partial charge on any atom is 0.0659 e. The zero-order valence-electron chi connectivity index (χ0n) is 11.8. The molecule has 102 valence electrons. The van der Waals surface area contributed by atoms with E-state index in [0.717, 1.165) is 26.3 Å². The molecule has 0 bridgehead atoms. The molecule has 0 aromatic carbocycles. The van der Waals surface area contributed by atoms with Gasteiger partial charge in [-0.3, -0.25) is 4.90 Å². The van der Waals surface area contributed by atoms with Crippen LogP contribution in [0, 0.1) is 0 Å². The minimum atomic E-state index is -0.00299. The van der Waals surface area contributed by atoms with Crippen molar-refractivity contribution in [2.45, 2.75) is 44.4 Å². The molecule has 1 aliphatic heterocycles. The number of nitrogens with two attached hydrogens (primary N) is 1. The van der Waals surface area contributed by atoms with Crippen molar-refractivity contribution in [3.8, 4) is 0 Å². The number of rotatable bonds is 5. The lowest BCUT2D eigenvalue weighted by atomic mass is 9.99. The normalized spacial score (nSPS) is 25.2. The van der Waals surface area contributed by atoms with E-state index in [1.54, 1.807) is 0 Å². The van der Waals surface area contributed by atoms with E-state index in [2.05, 4.69) is 37.4 Å². The van der Waals surface area contributed by atoms with E-state index in [4.69, 9.17) is 10.5 Å². The van der Waals surface area contributed by atoms with Gasteiger partial charge >= 0.3 is 0 Å². The second kappa shape index (κ2) is 6.41. The fourth-order valence-electron chi connectivity index (χ4n) is 2.16. The van der Waals surface area contributed by atoms with Gasteiger partial charge in [-0.25, -0.2) is 0 Å². The van der Waals surface area contributed by atoms with Gasteiger partial charge in [-0.15, -0.1) is 0 Å². The summed E-state index contributed by atoms with van der Waals surface area (Å²) in [6, 6.07) is 0. The topological polar surface area (TPSA) is 38.5 Å². The summed E-state index contributed by atoms with van der Waals surface area (Å²) in [6.45, 7) is 13.4. The number of thioether (sulfide) groups is 1. The maximum atomic E-state index is 5.97. The second-order valence-corrected chi connectivity index (χ2v) is 7.49. The Morgan fingerprint density at radius 1 is 1.41 bits per heavy atom. The molecule has 1 unspecified atom stereocenters. The Bertz CT molecular complexity index is 235. The largest absolute Gasteiger partial charge is 0.380 e. The molecule has 17 heavy (non-hydrogen) atoms. The lowest BCUT2D eigenvalue weighted by molar-refractivity contribution is 0.0130. The standard InChI is InChI=1S/C13H28N2OS/c1-5-16-11-13(4,10-14)15-7-6-12(2,3)17-9-8-15/h5-11,14H2,1-4H3. The van der Waals surface area contributed by atoms with Crippen LogP contribution in [0.5, 0.6) is 0 Å². The number of hydrogen-bond acceptors (Lipinski definition) is 4. The molecule has 3 nitrogen and oxygen atoms in total. The van der Waals surface area contributed by atoms with Crippen LogP contribution in [0.4, 0.5) is 0 Å². The fraction of sp³-hybridized carbons (Fsp3) is 1.00. The van der Waals surface area contributed by atoms with E-state index in [-0.39, 0.29) is 5.54 Å². The Kier molecular flexibility index (Phi) is 5.77. The Balaban J connectivity index is 2.62. The summed E-state index contributed by atoms with van der Waals surface area (Å²) < 4.78 is 6.01. The summed E-state index contributed by atoms with van der Waals surface area (Å²) in [7, 11) is 0. The molecule has 1 fully saturated rings. The summed E-state index contributed by atoms with van der Waals surface area (Å²) in [5.74, 6) is 1.19. The van der Waals surface area contributed by atoms with Crippen molar-refractivity contribution in [1.29, 1.82) is 0 Å². The van der Waals surface area contributed by atoms with Crippen LogP contribution in [0.3, 0.4) is 0 Å². The monoisotopic (exact) mass is 260 g/mol. The van der Waals surface area contributed by atoms with Crippen molar-refractivity contribution >= 4 is 11.8 Å². The first-order valence-electron chi connectivity index (χ1n) is 6.60. The fourth-order valence-corrected chi connectivity index (χ4v) is 3.26. The minimum absolute atomic E-state index is 0.00299. The smallest absolute Gasteiger partial charge is 0.0659 e. The molecule has 1 heterocycles. The molecule has 1 aliphatic rings. The molecule has 1 saturated heterocycles. The molecule has 2 N–H and O–H groups in total. The van der Waals surface area contributed by atoms with E-state index < -0.39 is 0 Å². The number of hydrogen-bond donors (Lipinski definition) is 1. The highest BCUT2D eigenvalue weighted by molar-refractivity contribution is 8.00. The van der Waals surface area contributed by atoms with E-state index in [9.17, 15) is 0 Å². The van der Waals surface area contributed by atoms with E-state index in [1.165, 1.54) is 12.2 Å². The predicted octanol–water partition coefficient (Wildman–Crippen LogP) is 1.96. The molecule has 1 atom stereocenters. The Morgan fingerprint density at radius 2 is 2.12 bits per heavy atom. The number of ether oxygens (including phenoxy) is 1. The van der Waals surface area contributed by atoms with Crippen LogP contribution in [-0.4, -0.2) is 53.8 Å². The van der Waals surface area contributed by atoms with Crippen LogP contribution in [0.15, 0.2) is 0 Å². The lowest BCUT2D eigenvalue weighted by Gasteiger charge is -2.40. The molecule has 0 spiro atoms. The third-order valence-electron chi connectivity index (χ3n) is 3.66. The Labute approximate surface area is 110 Å². The highest BCUT2D eigenvalue weighted by Crippen LogP contribution is 2.32. The Hall–Kier alpha value is 0.230. The zero-order chi connectivity index (χ0) is 12.9. The van der Waals surface area contributed by atoms with Gasteiger partial charge in [0, 0.05) is 36.7 Å². The van der Waals surface area contributed by atoms with Crippen LogP contribution in [0.1, 0.15) is 34.1 Å². The molecule has 4 heteroatoms. The quantitative estimate of drug-likeness (QED) is 0.820. The van der Waals surface area contributed by atoms with Crippen LogP contribution in [-0.2, 0) is 4.74 Å². The first-order valence-corrected chi connectivity index (χ1v) is 7.59. The summed E-state index contributed by atoms with van der Waals surface area (Å²) in [5, 5.41) is 0. The predicted molar refractivity (Wildman–Crippen MR) is 76.7 cm³/mol. The van der Waals surface area contributed by atoms with Crippen LogP contribution in [0.25, 0.3) is 0 Å². The van der Waals surface area contributed by atoms with Gasteiger partial charge in [0.15, 0.2) is 0 Å². The van der Waals surface area contributed by atoms with Gasteiger partial charge in [-0.05, 0) is 20.3 Å². The number of nitrogens with zero attached hydrogens (tertiary/aromatic N) is 1. The van der Waals surface area contributed by atoms with Gasteiger partial charge in [-0.2, -0.15) is 11.8 Å². The SMILES string of the molecule is CCOCC(C)(CN)N1CCSC(C)(C)CC1. The first kappa shape index (κ1) is 15.3. The van der Waals surface area contributed by atoms with Crippen LogP contribution >= 0.6 is 11.8 Å². The van der Waals surface area contributed by atoms with Crippen molar-refractivity contribution in [1.82, 2.24) is 4.90 Å². The van der Waals surface area contributed by atoms with E-state index >= 15 is 0 Å². The molecule has 0 saturated carbocycles. The first-order chi connectivity index (χ1) is 7.93. The molecular weight excluding hydrogens is 232 g/mol. The van der Waals surface area contributed by atoms with Crippen molar-refractivity contribution in [3.63, 3.8) is 0 Å².